The summed E-state index contributed by atoms with van der Waals surface area (Å²) in [6, 6.07) is 9.50. The molecule has 0 saturated heterocycles. The maximum Gasteiger partial charge on any atom is 0.181 e. The number of aryl methyl sites for hydroxylation is 1. The fourth-order valence-corrected chi connectivity index (χ4v) is 3.04. The van der Waals surface area contributed by atoms with E-state index < -0.39 is 0 Å². The molecule has 0 aliphatic heterocycles. The molecule has 4 heteroatoms. The molecular weight excluding hydrogens is 272 g/mol. The van der Waals surface area contributed by atoms with Crippen molar-refractivity contribution >= 4 is 0 Å². The van der Waals surface area contributed by atoms with Crippen molar-refractivity contribution in [3.05, 3.63) is 35.7 Å². The molecule has 1 aliphatic rings. The summed E-state index contributed by atoms with van der Waals surface area (Å²) in [5, 5.41) is 4.77. The highest BCUT2D eigenvalue weighted by atomic mass is 15.4. The van der Waals surface area contributed by atoms with E-state index in [1.807, 2.05) is 0 Å². The van der Waals surface area contributed by atoms with E-state index in [0.717, 1.165) is 17.2 Å². The first kappa shape index (κ1) is 15.2. The average molecular weight is 298 g/mol. The summed E-state index contributed by atoms with van der Waals surface area (Å²) in [6.07, 6.45) is 2.37. The van der Waals surface area contributed by atoms with Crippen LogP contribution in [0.25, 0.3) is 11.4 Å². The summed E-state index contributed by atoms with van der Waals surface area (Å²) in [7, 11) is 4.32. The van der Waals surface area contributed by atoms with E-state index in [9.17, 15) is 0 Å². The van der Waals surface area contributed by atoms with Gasteiger partial charge < -0.3 is 4.90 Å². The molecule has 0 bridgehead atoms. The van der Waals surface area contributed by atoms with Gasteiger partial charge >= 0.3 is 0 Å². The molecule has 0 N–H and O–H groups in total. The predicted octanol–water partition coefficient (Wildman–Crippen LogP) is 3.64. The van der Waals surface area contributed by atoms with Crippen LogP contribution in [0.4, 0.5) is 0 Å². The van der Waals surface area contributed by atoms with Crippen molar-refractivity contribution in [1.82, 2.24) is 19.7 Å². The first-order valence-electron chi connectivity index (χ1n) is 8.15. The van der Waals surface area contributed by atoms with Crippen molar-refractivity contribution in [3.63, 3.8) is 0 Å². The minimum atomic E-state index is 0.347. The standard InChI is InChI=1S/C18H26N4/c1-12(2)22-18(15-10-16(11-15)21(4)5)19-17(20-22)14-8-6-13(3)7-9-14/h6-9,12,15-16H,10-11H2,1-5H3. The van der Waals surface area contributed by atoms with Gasteiger partial charge in [-0.2, -0.15) is 5.10 Å². The molecule has 0 spiro atoms. The van der Waals surface area contributed by atoms with Crippen LogP contribution in [-0.4, -0.2) is 39.8 Å². The van der Waals surface area contributed by atoms with Crippen LogP contribution in [0, 0.1) is 6.92 Å². The maximum absolute atomic E-state index is 4.88. The molecule has 22 heavy (non-hydrogen) atoms. The van der Waals surface area contributed by atoms with Crippen LogP contribution in [0.5, 0.6) is 0 Å². The van der Waals surface area contributed by atoms with E-state index >= 15 is 0 Å². The second kappa shape index (κ2) is 5.84. The minimum absolute atomic E-state index is 0.347. The molecule has 2 aromatic rings. The molecule has 1 aliphatic carbocycles. The zero-order valence-electron chi connectivity index (χ0n) is 14.2. The summed E-state index contributed by atoms with van der Waals surface area (Å²) in [5.41, 5.74) is 2.37. The number of aromatic nitrogens is 3. The van der Waals surface area contributed by atoms with Crippen LogP contribution in [0.2, 0.25) is 0 Å². The average Bonchev–Trinajstić information content (AvgIpc) is 2.82. The van der Waals surface area contributed by atoms with Crippen LogP contribution in [0.15, 0.2) is 24.3 Å². The molecule has 3 rings (SSSR count). The van der Waals surface area contributed by atoms with E-state index in [2.05, 4.69) is 68.7 Å². The molecule has 0 amide bonds. The largest absolute Gasteiger partial charge is 0.306 e. The lowest BCUT2D eigenvalue weighted by Gasteiger charge is -2.39. The van der Waals surface area contributed by atoms with E-state index in [4.69, 9.17) is 10.1 Å². The van der Waals surface area contributed by atoms with Crippen LogP contribution < -0.4 is 0 Å². The van der Waals surface area contributed by atoms with Crippen LogP contribution in [0.1, 0.15) is 50.0 Å². The van der Waals surface area contributed by atoms with E-state index in [0.29, 0.717) is 18.0 Å². The number of nitrogens with zero attached hydrogens (tertiary/aromatic N) is 4. The minimum Gasteiger partial charge on any atom is -0.306 e. The molecule has 0 unspecified atom stereocenters. The Morgan fingerprint density at radius 2 is 1.77 bits per heavy atom. The lowest BCUT2D eigenvalue weighted by Crippen LogP contribution is -2.40. The zero-order chi connectivity index (χ0) is 15.9. The second-order valence-corrected chi connectivity index (χ2v) is 6.98. The summed E-state index contributed by atoms with van der Waals surface area (Å²) >= 11 is 0. The zero-order valence-corrected chi connectivity index (χ0v) is 14.2. The molecule has 4 nitrogen and oxygen atoms in total. The summed E-state index contributed by atoms with van der Waals surface area (Å²) < 4.78 is 2.12. The maximum atomic E-state index is 4.88. The topological polar surface area (TPSA) is 34.0 Å². The van der Waals surface area contributed by atoms with Gasteiger partial charge in [0.05, 0.1) is 0 Å². The van der Waals surface area contributed by atoms with Gasteiger partial charge in [0.25, 0.3) is 0 Å². The number of hydrogen-bond donors (Lipinski definition) is 0. The van der Waals surface area contributed by atoms with Crippen LogP contribution >= 0.6 is 0 Å². The molecule has 1 fully saturated rings. The molecule has 1 aromatic carbocycles. The summed E-state index contributed by atoms with van der Waals surface area (Å²) in [4.78, 5) is 7.19. The van der Waals surface area contributed by atoms with Gasteiger partial charge in [-0.15, -0.1) is 0 Å². The van der Waals surface area contributed by atoms with Gasteiger partial charge in [-0.05, 0) is 47.7 Å². The SMILES string of the molecule is Cc1ccc(-c2nc(C3CC(N(C)C)C3)n(C(C)C)n2)cc1. The molecule has 1 saturated carbocycles. The van der Waals surface area contributed by atoms with Gasteiger partial charge in [-0.25, -0.2) is 9.67 Å². The number of benzene rings is 1. The Hall–Kier alpha value is -1.68. The lowest BCUT2D eigenvalue weighted by molar-refractivity contribution is 0.157. The van der Waals surface area contributed by atoms with Crippen molar-refractivity contribution in [2.75, 3.05) is 14.1 Å². The predicted molar refractivity (Wildman–Crippen MR) is 90.0 cm³/mol. The third kappa shape index (κ3) is 2.80. The van der Waals surface area contributed by atoms with Crippen molar-refractivity contribution in [3.8, 4) is 11.4 Å². The van der Waals surface area contributed by atoms with Gasteiger partial charge in [-0.1, -0.05) is 29.8 Å². The smallest absolute Gasteiger partial charge is 0.181 e. The molecule has 1 aromatic heterocycles. The Kier molecular flexibility index (Phi) is 4.04. The summed E-state index contributed by atoms with van der Waals surface area (Å²) in [6.45, 7) is 6.46. The quantitative estimate of drug-likeness (QED) is 0.864. The van der Waals surface area contributed by atoms with Crippen molar-refractivity contribution in [1.29, 1.82) is 0 Å². The Bertz CT molecular complexity index is 634. The Labute approximate surface area is 133 Å². The first-order valence-corrected chi connectivity index (χ1v) is 8.15. The fourth-order valence-electron chi connectivity index (χ4n) is 3.04. The third-order valence-corrected chi connectivity index (χ3v) is 4.67. The highest BCUT2D eigenvalue weighted by Crippen LogP contribution is 2.39. The van der Waals surface area contributed by atoms with E-state index in [1.54, 1.807) is 0 Å². The van der Waals surface area contributed by atoms with Gasteiger partial charge in [0.2, 0.25) is 0 Å². The highest BCUT2D eigenvalue weighted by Gasteiger charge is 2.35. The molecule has 0 atom stereocenters. The van der Waals surface area contributed by atoms with Crippen molar-refractivity contribution in [2.45, 2.75) is 51.6 Å². The third-order valence-electron chi connectivity index (χ3n) is 4.67. The van der Waals surface area contributed by atoms with E-state index in [1.165, 1.54) is 18.4 Å². The molecule has 118 valence electrons. The van der Waals surface area contributed by atoms with Gasteiger partial charge in [0, 0.05) is 23.6 Å². The Balaban J connectivity index is 1.88. The molecule has 1 heterocycles. The molecule has 0 radical (unpaired) electrons. The Morgan fingerprint density at radius 3 is 2.32 bits per heavy atom. The van der Waals surface area contributed by atoms with Crippen LogP contribution in [-0.2, 0) is 0 Å². The fraction of sp³-hybridized carbons (Fsp3) is 0.556. The van der Waals surface area contributed by atoms with Crippen LogP contribution in [0.3, 0.4) is 0 Å². The number of rotatable bonds is 4. The first-order chi connectivity index (χ1) is 10.5. The number of hydrogen-bond acceptors (Lipinski definition) is 3. The molecular formula is C18H26N4. The second-order valence-electron chi connectivity index (χ2n) is 6.98. The van der Waals surface area contributed by atoms with Crippen molar-refractivity contribution in [2.24, 2.45) is 0 Å². The summed E-state index contributed by atoms with van der Waals surface area (Å²) in [5.74, 6) is 2.56. The lowest BCUT2D eigenvalue weighted by atomic mass is 9.79. The van der Waals surface area contributed by atoms with Gasteiger partial charge in [0.1, 0.15) is 5.82 Å². The van der Waals surface area contributed by atoms with Crippen molar-refractivity contribution < 1.29 is 0 Å². The van der Waals surface area contributed by atoms with E-state index in [-0.39, 0.29) is 0 Å². The monoisotopic (exact) mass is 298 g/mol. The normalized spacial score (nSPS) is 21.4. The van der Waals surface area contributed by atoms with Gasteiger partial charge in [-0.3, -0.25) is 0 Å². The van der Waals surface area contributed by atoms with Gasteiger partial charge in [0.15, 0.2) is 5.82 Å². The Morgan fingerprint density at radius 1 is 1.14 bits per heavy atom. The highest BCUT2D eigenvalue weighted by molar-refractivity contribution is 5.55.